The summed E-state index contributed by atoms with van der Waals surface area (Å²) < 4.78 is 7.61. The number of hydrogen-bond donors (Lipinski definition) is 0. The van der Waals surface area contributed by atoms with E-state index in [1.807, 2.05) is 74.0 Å². The number of para-hydroxylation sites is 1. The van der Waals surface area contributed by atoms with E-state index in [1.54, 1.807) is 11.9 Å². The molecular formula is C23H27N3O2. The first kappa shape index (κ1) is 19.7. The molecule has 2 aromatic carbocycles. The van der Waals surface area contributed by atoms with Gasteiger partial charge in [0.25, 0.3) is 5.91 Å². The van der Waals surface area contributed by atoms with Crippen LogP contribution in [0, 0.1) is 27.7 Å². The molecule has 0 aliphatic heterocycles. The van der Waals surface area contributed by atoms with E-state index in [9.17, 15) is 4.79 Å². The number of benzene rings is 2. The van der Waals surface area contributed by atoms with Crippen LogP contribution in [0.4, 0.5) is 0 Å². The topological polar surface area (TPSA) is 47.4 Å². The second-order valence-electron chi connectivity index (χ2n) is 7.18. The predicted molar refractivity (Wildman–Crippen MR) is 111 cm³/mol. The van der Waals surface area contributed by atoms with Crippen LogP contribution in [0.5, 0.6) is 5.75 Å². The highest BCUT2D eigenvalue weighted by molar-refractivity contribution is 5.77. The lowest BCUT2D eigenvalue weighted by molar-refractivity contribution is -0.132. The van der Waals surface area contributed by atoms with Crippen molar-refractivity contribution in [3.05, 3.63) is 76.6 Å². The Kier molecular flexibility index (Phi) is 5.83. The number of rotatable bonds is 6. The van der Waals surface area contributed by atoms with E-state index in [0.717, 1.165) is 28.2 Å². The summed E-state index contributed by atoms with van der Waals surface area (Å²) in [6.07, 6.45) is 0. The van der Waals surface area contributed by atoms with E-state index in [0.29, 0.717) is 12.3 Å². The van der Waals surface area contributed by atoms with Crippen molar-refractivity contribution in [2.45, 2.75) is 34.2 Å². The molecule has 0 saturated carbocycles. The fraction of sp³-hybridized carbons (Fsp3) is 0.304. The average molecular weight is 377 g/mol. The van der Waals surface area contributed by atoms with Gasteiger partial charge in [-0.2, -0.15) is 5.10 Å². The Morgan fingerprint density at radius 1 is 1.04 bits per heavy atom. The van der Waals surface area contributed by atoms with Crippen LogP contribution in [-0.2, 0) is 11.3 Å². The summed E-state index contributed by atoms with van der Waals surface area (Å²) in [7, 11) is 1.80. The Balaban J connectivity index is 1.67. The van der Waals surface area contributed by atoms with Crippen LogP contribution < -0.4 is 4.74 Å². The van der Waals surface area contributed by atoms with Crippen molar-refractivity contribution in [1.82, 2.24) is 14.7 Å². The summed E-state index contributed by atoms with van der Waals surface area (Å²) in [5, 5.41) is 4.65. The molecule has 3 rings (SSSR count). The van der Waals surface area contributed by atoms with Crippen LogP contribution in [0.3, 0.4) is 0 Å². The smallest absolute Gasteiger partial charge is 0.260 e. The fourth-order valence-corrected chi connectivity index (χ4v) is 3.11. The van der Waals surface area contributed by atoms with Crippen molar-refractivity contribution in [2.24, 2.45) is 0 Å². The van der Waals surface area contributed by atoms with Gasteiger partial charge in [0.2, 0.25) is 0 Å². The van der Waals surface area contributed by atoms with Crippen LogP contribution in [0.25, 0.3) is 5.69 Å². The fourth-order valence-electron chi connectivity index (χ4n) is 3.11. The van der Waals surface area contributed by atoms with Gasteiger partial charge in [0.1, 0.15) is 5.75 Å². The standard InChI is InChI=1S/C23H27N3O2/c1-16-11-12-21(13-17(16)2)28-15-23(27)25(5)14-22-18(3)24-26(19(22)4)20-9-7-6-8-10-20/h6-13H,14-15H2,1-5H3. The van der Waals surface area contributed by atoms with Crippen molar-refractivity contribution in [3.63, 3.8) is 0 Å². The number of aryl methyl sites for hydroxylation is 3. The molecule has 146 valence electrons. The van der Waals surface area contributed by atoms with Gasteiger partial charge >= 0.3 is 0 Å². The highest BCUT2D eigenvalue weighted by Gasteiger charge is 2.17. The van der Waals surface area contributed by atoms with Crippen molar-refractivity contribution >= 4 is 5.91 Å². The summed E-state index contributed by atoms with van der Waals surface area (Å²) in [5.41, 5.74) is 6.40. The van der Waals surface area contributed by atoms with E-state index in [1.165, 1.54) is 5.56 Å². The molecule has 5 nitrogen and oxygen atoms in total. The minimum absolute atomic E-state index is 0.0178. The molecule has 1 heterocycles. The maximum atomic E-state index is 12.5. The molecule has 0 N–H and O–H groups in total. The molecule has 0 saturated heterocycles. The molecule has 0 aliphatic rings. The average Bonchev–Trinajstić information content (AvgIpc) is 2.97. The molecule has 1 amide bonds. The summed E-state index contributed by atoms with van der Waals surface area (Å²) in [6, 6.07) is 15.9. The Morgan fingerprint density at radius 3 is 2.43 bits per heavy atom. The van der Waals surface area contributed by atoms with Crippen molar-refractivity contribution in [2.75, 3.05) is 13.7 Å². The van der Waals surface area contributed by atoms with Crippen molar-refractivity contribution < 1.29 is 9.53 Å². The first-order chi connectivity index (χ1) is 13.4. The van der Waals surface area contributed by atoms with Crippen LogP contribution >= 0.6 is 0 Å². The van der Waals surface area contributed by atoms with Gasteiger partial charge in [-0.05, 0) is 63.1 Å². The van der Waals surface area contributed by atoms with E-state index in [4.69, 9.17) is 4.74 Å². The van der Waals surface area contributed by atoms with Gasteiger partial charge < -0.3 is 9.64 Å². The van der Waals surface area contributed by atoms with Crippen LogP contribution in [0.1, 0.15) is 28.1 Å². The third-order valence-electron chi connectivity index (χ3n) is 5.10. The number of amides is 1. The minimum Gasteiger partial charge on any atom is -0.484 e. The molecular weight excluding hydrogens is 350 g/mol. The Labute approximate surface area is 166 Å². The predicted octanol–water partition coefficient (Wildman–Crippen LogP) is 4.14. The molecule has 28 heavy (non-hydrogen) atoms. The summed E-state index contributed by atoms with van der Waals surface area (Å²) >= 11 is 0. The Bertz CT molecular complexity index is 977. The maximum absolute atomic E-state index is 12.5. The van der Waals surface area contributed by atoms with Gasteiger partial charge in [-0.25, -0.2) is 4.68 Å². The van der Waals surface area contributed by atoms with E-state index in [-0.39, 0.29) is 12.5 Å². The third kappa shape index (κ3) is 4.25. The van der Waals surface area contributed by atoms with Crippen molar-refractivity contribution in [3.8, 4) is 11.4 Å². The number of likely N-dealkylation sites (N-methyl/N-ethyl adjacent to an activating group) is 1. The lowest BCUT2D eigenvalue weighted by atomic mass is 10.1. The lowest BCUT2D eigenvalue weighted by Crippen LogP contribution is -2.31. The zero-order chi connectivity index (χ0) is 20.3. The Hall–Kier alpha value is -3.08. The highest BCUT2D eigenvalue weighted by Crippen LogP contribution is 2.20. The summed E-state index contributed by atoms with van der Waals surface area (Å²) in [4.78, 5) is 14.2. The van der Waals surface area contributed by atoms with Gasteiger partial charge in [-0.15, -0.1) is 0 Å². The van der Waals surface area contributed by atoms with Crippen LogP contribution in [0.15, 0.2) is 48.5 Å². The number of carbonyl (C=O) groups excluding carboxylic acids is 1. The molecule has 5 heteroatoms. The summed E-state index contributed by atoms with van der Waals surface area (Å²) in [5.74, 6) is 0.651. The molecule has 0 aliphatic carbocycles. The zero-order valence-corrected chi connectivity index (χ0v) is 17.2. The number of hydrogen-bond acceptors (Lipinski definition) is 3. The van der Waals surface area contributed by atoms with E-state index < -0.39 is 0 Å². The molecule has 0 unspecified atom stereocenters. The number of carbonyl (C=O) groups is 1. The first-order valence-corrected chi connectivity index (χ1v) is 9.41. The SMILES string of the molecule is Cc1ccc(OCC(=O)N(C)Cc2c(C)nn(-c3ccccc3)c2C)cc1C. The zero-order valence-electron chi connectivity index (χ0n) is 17.2. The first-order valence-electron chi connectivity index (χ1n) is 9.41. The molecule has 0 spiro atoms. The molecule has 3 aromatic rings. The summed E-state index contributed by atoms with van der Waals surface area (Å²) in [6.45, 7) is 8.62. The maximum Gasteiger partial charge on any atom is 0.260 e. The van der Waals surface area contributed by atoms with Crippen molar-refractivity contribution in [1.29, 1.82) is 0 Å². The molecule has 0 atom stereocenters. The monoisotopic (exact) mass is 377 g/mol. The molecule has 0 fully saturated rings. The Morgan fingerprint density at radius 2 is 1.75 bits per heavy atom. The minimum atomic E-state index is -0.0653. The van der Waals surface area contributed by atoms with E-state index in [2.05, 4.69) is 12.0 Å². The largest absolute Gasteiger partial charge is 0.484 e. The van der Waals surface area contributed by atoms with E-state index >= 15 is 0 Å². The number of nitrogens with zero attached hydrogens (tertiary/aromatic N) is 3. The van der Waals surface area contributed by atoms with Crippen LogP contribution in [0.2, 0.25) is 0 Å². The van der Waals surface area contributed by atoms with Gasteiger partial charge in [-0.1, -0.05) is 24.3 Å². The third-order valence-corrected chi connectivity index (χ3v) is 5.10. The normalized spacial score (nSPS) is 10.8. The number of aromatic nitrogens is 2. The quantitative estimate of drug-likeness (QED) is 0.648. The highest BCUT2D eigenvalue weighted by atomic mass is 16.5. The second-order valence-corrected chi connectivity index (χ2v) is 7.18. The van der Waals surface area contributed by atoms with Crippen LogP contribution in [-0.4, -0.2) is 34.2 Å². The van der Waals surface area contributed by atoms with Gasteiger partial charge in [0, 0.05) is 24.8 Å². The van der Waals surface area contributed by atoms with Gasteiger partial charge in [-0.3, -0.25) is 4.79 Å². The molecule has 0 radical (unpaired) electrons. The second kappa shape index (κ2) is 8.30. The lowest BCUT2D eigenvalue weighted by Gasteiger charge is -2.18. The van der Waals surface area contributed by atoms with Gasteiger partial charge in [0.15, 0.2) is 6.61 Å². The molecule has 1 aromatic heterocycles. The van der Waals surface area contributed by atoms with Gasteiger partial charge in [0.05, 0.1) is 11.4 Å². The molecule has 0 bridgehead atoms. The number of ether oxygens (including phenoxy) is 1.